The van der Waals surface area contributed by atoms with Crippen LogP contribution in [0.4, 0.5) is 0 Å². The second-order valence-electron chi connectivity index (χ2n) is 5.24. The molecule has 9 nitrogen and oxygen atoms in total. The summed E-state index contributed by atoms with van der Waals surface area (Å²) in [5.74, 6) is 0.109. The Morgan fingerprint density at radius 3 is 2.73 bits per heavy atom. The molecule has 0 bridgehead atoms. The van der Waals surface area contributed by atoms with Crippen LogP contribution in [0.25, 0.3) is 16.7 Å². The van der Waals surface area contributed by atoms with E-state index < -0.39 is 15.7 Å². The van der Waals surface area contributed by atoms with Crippen molar-refractivity contribution in [3.05, 3.63) is 71.3 Å². The number of benzene rings is 2. The third kappa shape index (κ3) is 3.05. The zero-order valence-electron chi connectivity index (χ0n) is 13.0. The lowest BCUT2D eigenvalue weighted by atomic mass is 10.2. The lowest BCUT2D eigenvalue weighted by Gasteiger charge is -2.08. The molecule has 4 aromatic rings. The molecule has 0 N–H and O–H groups in total. The smallest absolute Gasteiger partial charge is 0.339 e. The molecule has 10 heteroatoms. The second-order valence-corrected chi connectivity index (χ2v) is 6.79. The van der Waals surface area contributed by atoms with Gasteiger partial charge in [0.05, 0.1) is 5.69 Å². The van der Waals surface area contributed by atoms with E-state index in [4.69, 9.17) is 8.60 Å². The molecule has 2 aromatic heterocycles. The molecule has 0 spiro atoms. The summed E-state index contributed by atoms with van der Waals surface area (Å²) in [4.78, 5) is 11.1. The van der Waals surface area contributed by atoms with Gasteiger partial charge in [0.1, 0.15) is 22.6 Å². The molecule has 0 saturated heterocycles. The first-order chi connectivity index (χ1) is 12.5. The number of hydrogen-bond donors (Lipinski definition) is 0. The van der Waals surface area contributed by atoms with Gasteiger partial charge in [-0.3, -0.25) is 0 Å². The van der Waals surface area contributed by atoms with Crippen molar-refractivity contribution in [3.63, 3.8) is 0 Å². The van der Waals surface area contributed by atoms with Crippen LogP contribution in [0.15, 0.2) is 75.0 Å². The molecule has 26 heavy (non-hydrogen) atoms. The van der Waals surface area contributed by atoms with E-state index in [-0.39, 0.29) is 16.2 Å². The van der Waals surface area contributed by atoms with Crippen LogP contribution in [0.2, 0.25) is 0 Å². The summed E-state index contributed by atoms with van der Waals surface area (Å²) in [6, 6.07) is 13.1. The normalized spacial score (nSPS) is 11.5. The lowest BCUT2D eigenvalue weighted by Crippen LogP contribution is -2.10. The summed E-state index contributed by atoms with van der Waals surface area (Å²) in [6.07, 6.45) is 1.38. The highest BCUT2D eigenvalue weighted by atomic mass is 32.2. The van der Waals surface area contributed by atoms with E-state index >= 15 is 0 Å². The molecule has 0 aliphatic rings. The second kappa shape index (κ2) is 6.08. The molecule has 0 saturated carbocycles. The molecular formula is C16H10N4O5S. The SMILES string of the molecule is O=c1ccc2cc(S(=O)(=O)Oc3cccc(-n4cnnn4)c3)ccc2o1. The van der Waals surface area contributed by atoms with Crippen molar-refractivity contribution in [1.82, 2.24) is 20.2 Å². The molecule has 130 valence electrons. The first-order valence-electron chi connectivity index (χ1n) is 7.33. The van der Waals surface area contributed by atoms with Gasteiger partial charge in [0.2, 0.25) is 0 Å². The standard InChI is InChI=1S/C16H10N4O5S/c21-16-7-4-11-8-14(5-6-15(11)24-16)26(22,23)25-13-3-1-2-12(9-13)20-10-17-18-19-20/h1-10H. The number of rotatable bonds is 4. The van der Waals surface area contributed by atoms with Gasteiger partial charge in [-0.25, -0.2) is 9.48 Å². The first kappa shape index (κ1) is 16.0. The summed E-state index contributed by atoms with van der Waals surface area (Å²) >= 11 is 0. The van der Waals surface area contributed by atoms with Crippen molar-refractivity contribution in [3.8, 4) is 11.4 Å². The molecule has 0 aliphatic heterocycles. The Morgan fingerprint density at radius 2 is 1.92 bits per heavy atom. The van der Waals surface area contributed by atoms with Crippen LogP contribution < -0.4 is 9.81 Å². The van der Waals surface area contributed by atoms with Gasteiger partial charge in [-0.2, -0.15) is 8.42 Å². The largest absolute Gasteiger partial charge is 0.423 e. The van der Waals surface area contributed by atoms with E-state index in [2.05, 4.69) is 15.5 Å². The average molecular weight is 370 g/mol. The molecule has 4 rings (SSSR count). The minimum absolute atomic E-state index is 0.0633. The fraction of sp³-hybridized carbons (Fsp3) is 0. The Bertz CT molecular complexity index is 1250. The van der Waals surface area contributed by atoms with E-state index in [0.717, 1.165) is 0 Å². The van der Waals surface area contributed by atoms with Gasteiger partial charge in [0.15, 0.2) is 0 Å². The summed E-state index contributed by atoms with van der Waals surface area (Å²) in [5, 5.41) is 11.3. The maximum Gasteiger partial charge on any atom is 0.339 e. The quantitative estimate of drug-likeness (QED) is 0.392. The summed E-state index contributed by atoms with van der Waals surface area (Å²) < 4.78 is 36.7. The number of tetrazole rings is 1. The summed E-state index contributed by atoms with van der Waals surface area (Å²) in [5.41, 5.74) is 0.323. The van der Waals surface area contributed by atoms with Crippen molar-refractivity contribution in [2.75, 3.05) is 0 Å². The van der Waals surface area contributed by atoms with Crippen molar-refractivity contribution in [1.29, 1.82) is 0 Å². The van der Waals surface area contributed by atoms with E-state index in [9.17, 15) is 13.2 Å². The van der Waals surface area contributed by atoms with Crippen LogP contribution in [0.3, 0.4) is 0 Å². The molecule has 0 unspecified atom stereocenters. The Labute approximate surface area is 146 Å². The highest BCUT2D eigenvalue weighted by Gasteiger charge is 2.18. The number of fused-ring (bicyclic) bond motifs is 1. The Hall–Kier alpha value is -3.53. The summed E-state index contributed by atoms with van der Waals surface area (Å²) in [6.45, 7) is 0. The third-order valence-electron chi connectivity index (χ3n) is 3.52. The van der Waals surface area contributed by atoms with Gasteiger partial charge in [-0.1, -0.05) is 6.07 Å². The van der Waals surface area contributed by atoms with E-state index in [1.54, 1.807) is 12.1 Å². The van der Waals surface area contributed by atoms with E-state index in [0.29, 0.717) is 11.1 Å². The highest BCUT2D eigenvalue weighted by Crippen LogP contribution is 2.23. The topological polar surface area (TPSA) is 117 Å². The third-order valence-corrected chi connectivity index (χ3v) is 4.76. The molecular weight excluding hydrogens is 360 g/mol. The molecule has 0 atom stereocenters. The predicted molar refractivity (Wildman–Crippen MR) is 89.5 cm³/mol. The minimum atomic E-state index is -4.08. The van der Waals surface area contributed by atoms with E-state index in [1.807, 2.05) is 0 Å². The first-order valence-corrected chi connectivity index (χ1v) is 8.74. The minimum Gasteiger partial charge on any atom is -0.423 e. The van der Waals surface area contributed by atoms with Crippen LogP contribution >= 0.6 is 0 Å². The van der Waals surface area contributed by atoms with Crippen molar-refractivity contribution < 1.29 is 17.0 Å². The predicted octanol–water partition coefficient (Wildman–Crippen LogP) is 1.54. The van der Waals surface area contributed by atoms with Crippen LogP contribution in [0, 0.1) is 0 Å². The Morgan fingerprint density at radius 1 is 1.04 bits per heavy atom. The van der Waals surface area contributed by atoms with Gasteiger partial charge in [-0.05, 0) is 46.8 Å². The van der Waals surface area contributed by atoms with Crippen LogP contribution in [-0.2, 0) is 10.1 Å². The van der Waals surface area contributed by atoms with Crippen molar-refractivity contribution in [2.45, 2.75) is 4.90 Å². The average Bonchev–Trinajstić information content (AvgIpc) is 3.16. The van der Waals surface area contributed by atoms with Gasteiger partial charge in [0, 0.05) is 17.5 Å². The van der Waals surface area contributed by atoms with Crippen molar-refractivity contribution in [2.24, 2.45) is 0 Å². The van der Waals surface area contributed by atoms with Crippen molar-refractivity contribution >= 4 is 21.1 Å². The summed E-state index contributed by atoms with van der Waals surface area (Å²) in [7, 11) is -4.08. The van der Waals surface area contributed by atoms with Gasteiger partial charge in [0.25, 0.3) is 0 Å². The zero-order valence-corrected chi connectivity index (χ0v) is 13.8. The number of nitrogens with zero attached hydrogens (tertiary/aromatic N) is 4. The molecule has 0 radical (unpaired) electrons. The maximum absolute atomic E-state index is 12.5. The molecule has 0 amide bonds. The fourth-order valence-corrected chi connectivity index (χ4v) is 3.30. The molecule has 2 aromatic carbocycles. The molecule has 0 aliphatic carbocycles. The van der Waals surface area contributed by atoms with E-state index in [1.165, 1.54) is 53.5 Å². The van der Waals surface area contributed by atoms with Gasteiger partial charge < -0.3 is 8.60 Å². The molecule has 2 heterocycles. The van der Waals surface area contributed by atoms with Gasteiger partial charge in [-0.15, -0.1) is 5.10 Å². The Balaban J connectivity index is 1.68. The van der Waals surface area contributed by atoms with Crippen LogP contribution in [0.1, 0.15) is 0 Å². The zero-order chi connectivity index (χ0) is 18.1. The van der Waals surface area contributed by atoms with Gasteiger partial charge >= 0.3 is 15.7 Å². The monoisotopic (exact) mass is 370 g/mol. The Kier molecular flexibility index (Phi) is 3.73. The number of aromatic nitrogens is 4. The number of hydrogen-bond acceptors (Lipinski definition) is 8. The molecule has 0 fully saturated rings. The fourth-order valence-electron chi connectivity index (χ4n) is 2.34. The highest BCUT2D eigenvalue weighted by molar-refractivity contribution is 7.87. The maximum atomic E-state index is 12.5. The lowest BCUT2D eigenvalue weighted by molar-refractivity contribution is 0.486. The van der Waals surface area contributed by atoms with Crippen LogP contribution in [-0.4, -0.2) is 28.6 Å². The van der Waals surface area contributed by atoms with Crippen LogP contribution in [0.5, 0.6) is 5.75 Å².